The van der Waals surface area contributed by atoms with Crippen molar-refractivity contribution < 1.29 is 0 Å². The van der Waals surface area contributed by atoms with Crippen molar-refractivity contribution in [3.63, 3.8) is 0 Å². The van der Waals surface area contributed by atoms with Gasteiger partial charge >= 0.3 is 0 Å². The summed E-state index contributed by atoms with van der Waals surface area (Å²) in [5.41, 5.74) is 0. The maximum atomic E-state index is 2.55. The lowest BCUT2D eigenvalue weighted by Crippen LogP contribution is -2.35. The monoisotopic (exact) mass is 169 g/mol. The molecule has 0 aliphatic carbocycles. The number of rotatable bonds is 1. The molecule has 1 rings (SSSR count). The molecule has 0 amide bonds. The third-order valence-electron chi connectivity index (χ3n) is 3.27. The predicted molar refractivity (Wildman–Crippen MR) is 54.3 cm³/mol. The van der Waals surface area contributed by atoms with Crippen molar-refractivity contribution in [3.8, 4) is 0 Å². The Morgan fingerprint density at radius 2 is 1.83 bits per heavy atom. The molecule has 1 heteroatoms. The Hall–Kier alpha value is -0.0400. The maximum absolute atomic E-state index is 2.55. The van der Waals surface area contributed by atoms with Crippen LogP contribution in [0.3, 0.4) is 0 Å². The van der Waals surface area contributed by atoms with E-state index in [-0.39, 0.29) is 0 Å². The molecule has 72 valence electrons. The summed E-state index contributed by atoms with van der Waals surface area (Å²) in [5.74, 6) is 1.76. The minimum atomic E-state index is 0.820. The molecule has 1 aliphatic heterocycles. The highest BCUT2D eigenvalue weighted by atomic mass is 15.1. The summed E-state index contributed by atoms with van der Waals surface area (Å²) < 4.78 is 0. The molecule has 1 nitrogen and oxygen atoms in total. The Balaban J connectivity index is 2.50. The van der Waals surface area contributed by atoms with E-state index < -0.39 is 0 Å². The molecular formula is C11H23N. The van der Waals surface area contributed by atoms with E-state index in [0.29, 0.717) is 0 Å². The molecule has 1 fully saturated rings. The van der Waals surface area contributed by atoms with Gasteiger partial charge in [0, 0.05) is 6.04 Å². The molecule has 1 aliphatic rings. The first-order chi connectivity index (χ1) is 5.61. The van der Waals surface area contributed by atoms with Crippen molar-refractivity contribution >= 4 is 0 Å². The molecule has 0 aromatic rings. The fourth-order valence-electron chi connectivity index (χ4n) is 2.25. The first-order valence-electron chi connectivity index (χ1n) is 5.31. The van der Waals surface area contributed by atoms with Crippen molar-refractivity contribution in [2.75, 3.05) is 13.6 Å². The van der Waals surface area contributed by atoms with Gasteiger partial charge in [-0.3, -0.25) is 0 Å². The maximum Gasteiger partial charge on any atom is 0.0115 e. The van der Waals surface area contributed by atoms with Crippen LogP contribution in [0.1, 0.15) is 40.0 Å². The minimum absolute atomic E-state index is 0.820. The molecular weight excluding hydrogens is 146 g/mol. The predicted octanol–water partition coefficient (Wildman–Crippen LogP) is 2.76. The highest BCUT2D eigenvalue weighted by Gasteiger charge is 2.22. The van der Waals surface area contributed by atoms with E-state index in [1.165, 1.54) is 25.8 Å². The summed E-state index contributed by atoms with van der Waals surface area (Å²) in [6.45, 7) is 8.37. The first kappa shape index (κ1) is 10.0. The minimum Gasteiger partial charge on any atom is -0.303 e. The topological polar surface area (TPSA) is 3.24 Å². The van der Waals surface area contributed by atoms with E-state index in [9.17, 15) is 0 Å². The van der Waals surface area contributed by atoms with Crippen LogP contribution in [0.5, 0.6) is 0 Å². The van der Waals surface area contributed by atoms with Gasteiger partial charge in [-0.15, -0.1) is 0 Å². The Morgan fingerprint density at radius 1 is 1.17 bits per heavy atom. The summed E-state index contributed by atoms with van der Waals surface area (Å²) in [6.07, 6.45) is 4.21. The van der Waals surface area contributed by atoms with Gasteiger partial charge in [-0.1, -0.05) is 20.8 Å². The second kappa shape index (κ2) is 4.27. The fourth-order valence-corrected chi connectivity index (χ4v) is 2.25. The zero-order valence-electron chi connectivity index (χ0n) is 9.01. The van der Waals surface area contributed by atoms with Gasteiger partial charge in [0.15, 0.2) is 0 Å². The lowest BCUT2D eigenvalue weighted by Gasteiger charge is -2.28. The van der Waals surface area contributed by atoms with E-state index in [2.05, 4.69) is 32.7 Å². The van der Waals surface area contributed by atoms with Gasteiger partial charge in [0.2, 0.25) is 0 Å². The molecule has 0 spiro atoms. The summed E-state index contributed by atoms with van der Waals surface area (Å²) in [7, 11) is 2.28. The van der Waals surface area contributed by atoms with Crippen molar-refractivity contribution in [2.24, 2.45) is 11.8 Å². The average Bonchev–Trinajstić information content (AvgIpc) is 2.14. The lowest BCUT2D eigenvalue weighted by molar-refractivity contribution is 0.195. The Bertz CT molecular complexity index is 131. The SMILES string of the molecule is CC(C)[C@@H]1CC[C@H](C)CCN1C. The van der Waals surface area contributed by atoms with Crippen molar-refractivity contribution in [1.82, 2.24) is 4.90 Å². The molecule has 0 aromatic heterocycles. The molecule has 0 aromatic carbocycles. The summed E-state index contributed by atoms with van der Waals surface area (Å²) in [6, 6.07) is 0.829. The van der Waals surface area contributed by atoms with Crippen molar-refractivity contribution in [3.05, 3.63) is 0 Å². The van der Waals surface area contributed by atoms with Crippen LogP contribution in [0.15, 0.2) is 0 Å². The Kier molecular flexibility index (Phi) is 3.57. The second-order valence-electron chi connectivity index (χ2n) is 4.76. The first-order valence-corrected chi connectivity index (χ1v) is 5.31. The molecule has 1 saturated heterocycles. The Morgan fingerprint density at radius 3 is 2.42 bits per heavy atom. The van der Waals surface area contributed by atoms with Gasteiger partial charge in [0.25, 0.3) is 0 Å². The molecule has 2 atom stereocenters. The normalized spacial score (nSPS) is 33.8. The van der Waals surface area contributed by atoms with Crippen LogP contribution < -0.4 is 0 Å². The number of hydrogen-bond donors (Lipinski definition) is 0. The van der Waals surface area contributed by atoms with Gasteiger partial charge < -0.3 is 4.90 Å². The van der Waals surface area contributed by atoms with Crippen LogP contribution in [0.2, 0.25) is 0 Å². The molecule has 0 N–H and O–H groups in total. The van der Waals surface area contributed by atoms with E-state index in [1.807, 2.05) is 0 Å². The number of likely N-dealkylation sites (tertiary alicyclic amines) is 1. The van der Waals surface area contributed by atoms with Crippen LogP contribution in [-0.2, 0) is 0 Å². The quantitative estimate of drug-likeness (QED) is 0.583. The van der Waals surface area contributed by atoms with Gasteiger partial charge in [0.05, 0.1) is 0 Å². The van der Waals surface area contributed by atoms with Gasteiger partial charge in [-0.05, 0) is 44.7 Å². The number of nitrogens with zero attached hydrogens (tertiary/aromatic N) is 1. The summed E-state index contributed by atoms with van der Waals surface area (Å²) in [5, 5.41) is 0. The van der Waals surface area contributed by atoms with Gasteiger partial charge in [-0.25, -0.2) is 0 Å². The largest absolute Gasteiger partial charge is 0.303 e. The number of hydrogen-bond acceptors (Lipinski definition) is 1. The molecule has 0 radical (unpaired) electrons. The van der Waals surface area contributed by atoms with Crippen molar-refractivity contribution in [1.29, 1.82) is 0 Å². The third kappa shape index (κ3) is 2.48. The van der Waals surface area contributed by atoms with Gasteiger partial charge in [-0.2, -0.15) is 0 Å². The van der Waals surface area contributed by atoms with Crippen LogP contribution in [-0.4, -0.2) is 24.5 Å². The average molecular weight is 169 g/mol. The van der Waals surface area contributed by atoms with Crippen LogP contribution in [0, 0.1) is 11.8 Å². The summed E-state index contributed by atoms with van der Waals surface area (Å²) >= 11 is 0. The van der Waals surface area contributed by atoms with Crippen LogP contribution in [0.25, 0.3) is 0 Å². The van der Waals surface area contributed by atoms with Gasteiger partial charge in [0.1, 0.15) is 0 Å². The smallest absolute Gasteiger partial charge is 0.0115 e. The molecule has 0 unspecified atom stereocenters. The van der Waals surface area contributed by atoms with E-state index in [0.717, 1.165) is 17.9 Å². The Labute approximate surface area is 77.1 Å². The molecule has 1 heterocycles. The zero-order valence-corrected chi connectivity index (χ0v) is 9.01. The van der Waals surface area contributed by atoms with E-state index in [1.54, 1.807) is 0 Å². The molecule has 0 bridgehead atoms. The second-order valence-corrected chi connectivity index (χ2v) is 4.76. The van der Waals surface area contributed by atoms with E-state index >= 15 is 0 Å². The van der Waals surface area contributed by atoms with Crippen LogP contribution in [0.4, 0.5) is 0 Å². The van der Waals surface area contributed by atoms with Crippen molar-refractivity contribution in [2.45, 2.75) is 46.1 Å². The summed E-state index contributed by atoms with van der Waals surface area (Å²) in [4.78, 5) is 2.55. The highest BCUT2D eigenvalue weighted by Crippen LogP contribution is 2.24. The lowest BCUT2D eigenvalue weighted by atomic mass is 9.96. The highest BCUT2D eigenvalue weighted by molar-refractivity contribution is 4.77. The van der Waals surface area contributed by atoms with E-state index in [4.69, 9.17) is 0 Å². The molecule has 12 heavy (non-hydrogen) atoms. The fraction of sp³-hybridized carbons (Fsp3) is 1.00. The third-order valence-corrected chi connectivity index (χ3v) is 3.27. The standard InChI is InChI=1S/C11H23N/c1-9(2)11-6-5-10(3)7-8-12(11)4/h9-11H,5-8H2,1-4H3/t10-,11-/m0/s1. The van der Waals surface area contributed by atoms with Crippen LogP contribution >= 0.6 is 0 Å². The zero-order chi connectivity index (χ0) is 9.14. The molecule has 0 saturated carbocycles.